The molecule has 0 saturated carbocycles. The number of thioether (sulfide) groups is 1. The Bertz CT molecular complexity index is 144. The number of aliphatic imine (C=N–C) groups is 1. The standard InChI is InChI=1S/C4H7N3OS/c1-5-4-7-6-3(8)2-9-4/h2H2,1H3,(H,5,7)(H,6,8). The number of carbonyl (C=O) groups is 1. The van der Waals surface area contributed by atoms with Crippen molar-refractivity contribution in [2.75, 3.05) is 12.8 Å². The van der Waals surface area contributed by atoms with Crippen molar-refractivity contribution < 1.29 is 4.79 Å². The van der Waals surface area contributed by atoms with Crippen molar-refractivity contribution >= 4 is 22.8 Å². The van der Waals surface area contributed by atoms with Crippen molar-refractivity contribution in [3.05, 3.63) is 0 Å². The fraction of sp³-hybridized carbons (Fsp3) is 0.500. The van der Waals surface area contributed by atoms with E-state index in [4.69, 9.17) is 0 Å². The van der Waals surface area contributed by atoms with Crippen LogP contribution in [0.5, 0.6) is 0 Å². The van der Waals surface area contributed by atoms with Crippen LogP contribution in [0.4, 0.5) is 0 Å². The second-order valence-electron chi connectivity index (χ2n) is 1.49. The van der Waals surface area contributed by atoms with Gasteiger partial charge in [0.15, 0.2) is 5.17 Å². The van der Waals surface area contributed by atoms with Gasteiger partial charge in [-0.3, -0.25) is 20.6 Å². The summed E-state index contributed by atoms with van der Waals surface area (Å²) in [6, 6.07) is 0. The summed E-state index contributed by atoms with van der Waals surface area (Å²) in [6.07, 6.45) is 0. The van der Waals surface area contributed by atoms with Gasteiger partial charge in [0.2, 0.25) is 5.91 Å². The topological polar surface area (TPSA) is 53.5 Å². The highest BCUT2D eigenvalue weighted by Gasteiger charge is 2.10. The third-order valence-corrected chi connectivity index (χ3v) is 1.82. The highest BCUT2D eigenvalue weighted by Crippen LogP contribution is 2.02. The molecule has 5 heteroatoms. The minimum absolute atomic E-state index is 0.00704. The minimum Gasteiger partial charge on any atom is -0.277 e. The Morgan fingerprint density at radius 1 is 1.67 bits per heavy atom. The number of rotatable bonds is 0. The van der Waals surface area contributed by atoms with E-state index in [0.29, 0.717) is 5.75 Å². The predicted octanol–water partition coefficient (Wildman–Crippen LogP) is -0.660. The summed E-state index contributed by atoms with van der Waals surface area (Å²) in [4.78, 5) is 14.3. The molecule has 1 saturated heterocycles. The second kappa shape index (κ2) is 2.72. The molecule has 1 amide bonds. The van der Waals surface area contributed by atoms with Crippen LogP contribution < -0.4 is 10.9 Å². The molecule has 2 N–H and O–H groups in total. The summed E-state index contributed by atoms with van der Waals surface area (Å²) in [5.41, 5.74) is 5.07. The van der Waals surface area contributed by atoms with Gasteiger partial charge in [-0.2, -0.15) is 0 Å². The SMILES string of the molecule is CN=C1NNC(=O)CS1. The van der Waals surface area contributed by atoms with Crippen LogP contribution in [0.1, 0.15) is 0 Å². The van der Waals surface area contributed by atoms with E-state index in [1.165, 1.54) is 11.8 Å². The van der Waals surface area contributed by atoms with Gasteiger partial charge in [-0.05, 0) is 0 Å². The summed E-state index contributed by atoms with van der Waals surface area (Å²) in [5, 5.41) is 0.759. The zero-order valence-corrected chi connectivity index (χ0v) is 5.79. The largest absolute Gasteiger partial charge is 0.277 e. The molecule has 0 atom stereocenters. The monoisotopic (exact) mass is 145 g/mol. The molecule has 0 unspecified atom stereocenters. The Balaban J connectivity index is 2.44. The zero-order valence-electron chi connectivity index (χ0n) is 4.97. The number of hydrazine groups is 1. The molecule has 1 aliphatic heterocycles. The maximum Gasteiger partial charge on any atom is 0.248 e. The molecular weight excluding hydrogens is 138 g/mol. The van der Waals surface area contributed by atoms with Gasteiger partial charge in [0.25, 0.3) is 0 Å². The molecule has 0 bridgehead atoms. The molecule has 1 aliphatic rings. The first-order chi connectivity index (χ1) is 4.33. The van der Waals surface area contributed by atoms with Crippen molar-refractivity contribution in [3.8, 4) is 0 Å². The lowest BCUT2D eigenvalue weighted by Gasteiger charge is -2.14. The third-order valence-electron chi connectivity index (χ3n) is 0.852. The smallest absolute Gasteiger partial charge is 0.248 e. The van der Waals surface area contributed by atoms with Crippen LogP contribution in [0.2, 0.25) is 0 Å². The first-order valence-electron chi connectivity index (χ1n) is 2.47. The van der Waals surface area contributed by atoms with Crippen molar-refractivity contribution in [1.82, 2.24) is 10.9 Å². The van der Waals surface area contributed by atoms with Gasteiger partial charge in [-0.1, -0.05) is 11.8 Å². The lowest BCUT2D eigenvalue weighted by molar-refractivity contribution is -0.119. The van der Waals surface area contributed by atoms with E-state index in [1.807, 2.05) is 0 Å². The number of carbonyl (C=O) groups excluding carboxylic acids is 1. The number of amidine groups is 1. The molecule has 0 aliphatic carbocycles. The van der Waals surface area contributed by atoms with Gasteiger partial charge in [0.1, 0.15) is 0 Å². The van der Waals surface area contributed by atoms with Crippen molar-refractivity contribution in [2.24, 2.45) is 4.99 Å². The molecule has 0 aromatic carbocycles. The Kier molecular flexibility index (Phi) is 1.94. The second-order valence-corrected chi connectivity index (χ2v) is 2.45. The maximum atomic E-state index is 10.5. The van der Waals surface area contributed by atoms with Gasteiger partial charge < -0.3 is 0 Å². The van der Waals surface area contributed by atoms with Crippen LogP contribution in [0, 0.1) is 0 Å². The number of hydrogen-bond acceptors (Lipinski definition) is 3. The van der Waals surface area contributed by atoms with Crippen LogP contribution in [0.15, 0.2) is 4.99 Å². The van der Waals surface area contributed by atoms with E-state index in [2.05, 4.69) is 15.8 Å². The average molecular weight is 145 g/mol. The van der Waals surface area contributed by atoms with E-state index in [1.54, 1.807) is 7.05 Å². The molecule has 0 aromatic rings. The number of amides is 1. The lowest BCUT2D eigenvalue weighted by Crippen LogP contribution is -2.46. The summed E-state index contributed by atoms with van der Waals surface area (Å²) < 4.78 is 0. The van der Waals surface area contributed by atoms with Crippen LogP contribution in [-0.4, -0.2) is 23.9 Å². The van der Waals surface area contributed by atoms with Gasteiger partial charge in [-0.15, -0.1) is 0 Å². The molecular formula is C4H7N3OS. The molecule has 9 heavy (non-hydrogen) atoms. The summed E-state index contributed by atoms with van der Waals surface area (Å²) >= 11 is 1.40. The quantitative estimate of drug-likeness (QED) is 0.476. The van der Waals surface area contributed by atoms with Crippen molar-refractivity contribution in [1.29, 1.82) is 0 Å². The Labute approximate surface area is 57.1 Å². The maximum absolute atomic E-state index is 10.5. The number of hydrogen-bond donors (Lipinski definition) is 2. The van der Waals surface area contributed by atoms with Crippen LogP contribution in [-0.2, 0) is 4.79 Å². The molecule has 1 fully saturated rings. The summed E-state index contributed by atoms with van der Waals surface area (Å²) in [7, 11) is 1.67. The first kappa shape index (κ1) is 6.41. The highest BCUT2D eigenvalue weighted by atomic mass is 32.2. The zero-order chi connectivity index (χ0) is 6.69. The Morgan fingerprint density at radius 2 is 2.44 bits per heavy atom. The minimum atomic E-state index is -0.00704. The van der Waals surface area contributed by atoms with Crippen molar-refractivity contribution in [3.63, 3.8) is 0 Å². The molecule has 0 radical (unpaired) electrons. The Morgan fingerprint density at radius 3 is 2.89 bits per heavy atom. The number of nitrogens with one attached hydrogen (secondary N) is 2. The molecule has 0 spiro atoms. The molecule has 50 valence electrons. The molecule has 0 aromatic heterocycles. The fourth-order valence-electron chi connectivity index (χ4n) is 0.450. The van der Waals surface area contributed by atoms with Crippen LogP contribution >= 0.6 is 11.8 Å². The van der Waals surface area contributed by atoms with E-state index in [9.17, 15) is 4.79 Å². The van der Waals surface area contributed by atoms with Gasteiger partial charge in [0.05, 0.1) is 5.75 Å². The highest BCUT2D eigenvalue weighted by molar-refractivity contribution is 8.14. The van der Waals surface area contributed by atoms with Gasteiger partial charge in [-0.25, -0.2) is 0 Å². The fourth-order valence-corrected chi connectivity index (χ4v) is 1.04. The van der Waals surface area contributed by atoms with Gasteiger partial charge in [0, 0.05) is 7.05 Å². The van der Waals surface area contributed by atoms with E-state index >= 15 is 0 Å². The van der Waals surface area contributed by atoms with Gasteiger partial charge >= 0.3 is 0 Å². The lowest BCUT2D eigenvalue weighted by atomic mass is 10.7. The first-order valence-corrected chi connectivity index (χ1v) is 3.46. The summed E-state index contributed by atoms with van der Waals surface area (Å²) in [5.74, 6) is 0.451. The molecule has 1 heterocycles. The third kappa shape index (κ3) is 1.60. The predicted molar refractivity (Wildman–Crippen MR) is 37.1 cm³/mol. The Hall–Kier alpha value is -0.710. The van der Waals surface area contributed by atoms with Crippen LogP contribution in [0.3, 0.4) is 0 Å². The molecule has 1 rings (SSSR count). The van der Waals surface area contributed by atoms with Crippen LogP contribution in [0.25, 0.3) is 0 Å². The van der Waals surface area contributed by atoms with E-state index < -0.39 is 0 Å². The summed E-state index contributed by atoms with van der Waals surface area (Å²) in [6.45, 7) is 0. The van der Waals surface area contributed by atoms with E-state index in [0.717, 1.165) is 5.17 Å². The van der Waals surface area contributed by atoms with E-state index in [-0.39, 0.29) is 5.91 Å². The number of nitrogens with zero attached hydrogens (tertiary/aromatic N) is 1. The normalized spacial score (nSPS) is 23.2. The molecule has 4 nitrogen and oxygen atoms in total. The van der Waals surface area contributed by atoms with Crippen molar-refractivity contribution in [2.45, 2.75) is 0 Å². The average Bonchev–Trinajstić information content (AvgIpc) is 1.90.